The SMILES string of the molecule is O=C(NCCCNC(=O)C1CSCN1)c1ccc(F)cc1. The van der Waals surface area contributed by atoms with E-state index in [-0.39, 0.29) is 23.7 Å². The maximum atomic E-state index is 12.7. The minimum absolute atomic E-state index is 0.00450. The van der Waals surface area contributed by atoms with E-state index < -0.39 is 0 Å². The molecule has 1 fully saturated rings. The summed E-state index contributed by atoms with van der Waals surface area (Å²) in [7, 11) is 0. The van der Waals surface area contributed by atoms with Gasteiger partial charge in [-0.1, -0.05) is 0 Å². The first kappa shape index (κ1) is 15.8. The van der Waals surface area contributed by atoms with Crippen molar-refractivity contribution in [3.05, 3.63) is 35.6 Å². The molecule has 1 aromatic carbocycles. The fourth-order valence-electron chi connectivity index (χ4n) is 1.89. The molecule has 0 bridgehead atoms. The first-order valence-electron chi connectivity index (χ1n) is 6.79. The lowest BCUT2D eigenvalue weighted by atomic mass is 10.2. The van der Waals surface area contributed by atoms with Crippen LogP contribution in [-0.4, -0.2) is 42.6 Å². The number of carbonyl (C=O) groups is 2. The van der Waals surface area contributed by atoms with E-state index in [2.05, 4.69) is 16.0 Å². The van der Waals surface area contributed by atoms with Crippen LogP contribution in [0.5, 0.6) is 0 Å². The topological polar surface area (TPSA) is 70.2 Å². The monoisotopic (exact) mass is 311 g/mol. The zero-order valence-corrected chi connectivity index (χ0v) is 12.3. The van der Waals surface area contributed by atoms with Crippen molar-refractivity contribution in [3.63, 3.8) is 0 Å². The average Bonchev–Trinajstić information content (AvgIpc) is 3.01. The molecular weight excluding hydrogens is 293 g/mol. The fourth-order valence-corrected chi connectivity index (χ4v) is 2.83. The number of halogens is 1. The zero-order valence-electron chi connectivity index (χ0n) is 11.5. The molecule has 2 amide bonds. The number of carbonyl (C=O) groups excluding carboxylic acids is 2. The van der Waals surface area contributed by atoms with Crippen LogP contribution in [0.4, 0.5) is 4.39 Å². The van der Waals surface area contributed by atoms with Crippen LogP contribution in [-0.2, 0) is 4.79 Å². The van der Waals surface area contributed by atoms with Crippen LogP contribution in [0.15, 0.2) is 24.3 Å². The molecule has 0 aromatic heterocycles. The molecule has 0 spiro atoms. The van der Waals surface area contributed by atoms with Gasteiger partial charge in [-0.15, -0.1) is 11.8 Å². The Hall–Kier alpha value is -1.60. The van der Waals surface area contributed by atoms with Crippen LogP contribution >= 0.6 is 11.8 Å². The van der Waals surface area contributed by atoms with Crippen molar-refractivity contribution >= 4 is 23.6 Å². The smallest absolute Gasteiger partial charge is 0.251 e. The van der Waals surface area contributed by atoms with Crippen LogP contribution in [0.2, 0.25) is 0 Å². The van der Waals surface area contributed by atoms with Gasteiger partial charge in [0, 0.05) is 30.3 Å². The highest BCUT2D eigenvalue weighted by Crippen LogP contribution is 2.09. The first-order valence-corrected chi connectivity index (χ1v) is 7.95. The third kappa shape index (κ3) is 5.02. The summed E-state index contributed by atoms with van der Waals surface area (Å²) in [6.07, 6.45) is 0.651. The zero-order chi connectivity index (χ0) is 15.1. The number of nitrogens with one attached hydrogen (secondary N) is 3. The minimum atomic E-state index is -0.368. The first-order chi connectivity index (χ1) is 10.2. The van der Waals surface area contributed by atoms with Crippen LogP contribution in [0.25, 0.3) is 0 Å². The Morgan fingerprint density at radius 3 is 2.62 bits per heavy atom. The lowest BCUT2D eigenvalue weighted by molar-refractivity contribution is -0.122. The van der Waals surface area contributed by atoms with E-state index in [4.69, 9.17) is 0 Å². The van der Waals surface area contributed by atoms with E-state index in [1.54, 1.807) is 11.8 Å². The average molecular weight is 311 g/mol. The lowest BCUT2D eigenvalue weighted by Crippen LogP contribution is -2.42. The number of benzene rings is 1. The molecule has 21 heavy (non-hydrogen) atoms. The van der Waals surface area contributed by atoms with Gasteiger partial charge in [0.05, 0.1) is 6.04 Å². The predicted molar refractivity (Wildman–Crippen MR) is 80.6 cm³/mol. The number of thioether (sulfide) groups is 1. The molecule has 1 atom stereocenters. The predicted octanol–water partition coefficient (Wildman–Crippen LogP) is 0.724. The Morgan fingerprint density at radius 2 is 1.95 bits per heavy atom. The van der Waals surface area contributed by atoms with Crippen molar-refractivity contribution in [2.45, 2.75) is 12.5 Å². The van der Waals surface area contributed by atoms with Crippen molar-refractivity contribution in [2.75, 3.05) is 24.7 Å². The van der Waals surface area contributed by atoms with Gasteiger partial charge >= 0.3 is 0 Å². The molecule has 1 saturated heterocycles. The molecule has 0 saturated carbocycles. The van der Waals surface area contributed by atoms with Gasteiger partial charge in [0.25, 0.3) is 5.91 Å². The molecule has 5 nitrogen and oxygen atoms in total. The van der Waals surface area contributed by atoms with Crippen molar-refractivity contribution in [2.24, 2.45) is 0 Å². The number of amides is 2. The van der Waals surface area contributed by atoms with Gasteiger partial charge in [0.15, 0.2) is 0 Å². The second kappa shape index (κ2) is 7.99. The van der Waals surface area contributed by atoms with Gasteiger partial charge in [-0.2, -0.15) is 0 Å². The molecular formula is C14H18FN3O2S. The molecule has 1 unspecified atom stereocenters. The van der Waals surface area contributed by atoms with Crippen LogP contribution in [0, 0.1) is 5.82 Å². The molecule has 0 radical (unpaired) electrons. The highest BCUT2D eigenvalue weighted by molar-refractivity contribution is 7.99. The van der Waals surface area contributed by atoms with Gasteiger partial charge in [-0.25, -0.2) is 4.39 Å². The van der Waals surface area contributed by atoms with E-state index in [1.165, 1.54) is 24.3 Å². The highest BCUT2D eigenvalue weighted by Gasteiger charge is 2.21. The van der Waals surface area contributed by atoms with E-state index >= 15 is 0 Å². The van der Waals surface area contributed by atoms with Crippen molar-refractivity contribution in [1.82, 2.24) is 16.0 Å². The summed E-state index contributed by atoms with van der Waals surface area (Å²) in [5.41, 5.74) is 0.424. The van der Waals surface area contributed by atoms with Crippen LogP contribution < -0.4 is 16.0 Å². The summed E-state index contributed by atoms with van der Waals surface area (Å²) >= 11 is 1.70. The minimum Gasteiger partial charge on any atom is -0.355 e. The lowest BCUT2D eigenvalue weighted by Gasteiger charge is -2.10. The fraction of sp³-hybridized carbons (Fsp3) is 0.429. The maximum absolute atomic E-state index is 12.7. The van der Waals surface area contributed by atoms with E-state index in [9.17, 15) is 14.0 Å². The second-order valence-corrected chi connectivity index (χ2v) is 5.71. The van der Waals surface area contributed by atoms with Gasteiger partial charge in [-0.3, -0.25) is 14.9 Å². The normalized spacial score (nSPS) is 17.5. The van der Waals surface area contributed by atoms with E-state index in [0.717, 1.165) is 11.6 Å². The van der Waals surface area contributed by atoms with Gasteiger partial charge < -0.3 is 10.6 Å². The third-order valence-corrected chi connectivity index (χ3v) is 4.02. The molecule has 1 heterocycles. The van der Waals surface area contributed by atoms with Crippen molar-refractivity contribution in [3.8, 4) is 0 Å². The Kier molecular flexibility index (Phi) is 6.01. The van der Waals surface area contributed by atoms with Crippen molar-refractivity contribution < 1.29 is 14.0 Å². The molecule has 7 heteroatoms. The number of hydrogen-bond donors (Lipinski definition) is 3. The summed E-state index contributed by atoms with van der Waals surface area (Å²) in [6.45, 7) is 0.981. The quantitative estimate of drug-likeness (QED) is 0.677. The standard InChI is InChI=1S/C14H18FN3O2S/c15-11-4-2-10(3-5-11)13(19)16-6-1-7-17-14(20)12-8-21-9-18-12/h2-5,12,18H,1,6-9H2,(H,16,19)(H,17,20). The van der Waals surface area contributed by atoms with Gasteiger partial charge in [-0.05, 0) is 30.7 Å². The Balaban J connectivity index is 1.60. The molecule has 1 aliphatic rings. The number of hydrogen-bond acceptors (Lipinski definition) is 4. The van der Waals surface area contributed by atoms with Gasteiger partial charge in [0.1, 0.15) is 5.82 Å². The summed E-state index contributed by atoms with van der Waals surface area (Å²) in [5.74, 6) is 1.01. The number of rotatable bonds is 6. The Morgan fingerprint density at radius 1 is 1.24 bits per heavy atom. The van der Waals surface area contributed by atoms with Crippen LogP contribution in [0.1, 0.15) is 16.8 Å². The maximum Gasteiger partial charge on any atom is 0.251 e. The molecule has 1 aliphatic heterocycles. The summed E-state index contributed by atoms with van der Waals surface area (Å²) in [4.78, 5) is 23.4. The van der Waals surface area contributed by atoms with Gasteiger partial charge in [0.2, 0.25) is 5.91 Å². The highest BCUT2D eigenvalue weighted by atomic mass is 32.2. The van der Waals surface area contributed by atoms with Crippen molar-refractivity contribution in [1.29, 1.82) is 0 Å². The Bertz CT molecular complexity index is 489. The Labute approximate surface area is 127 Å². The summed E-state index contributed by atoms with van der Waals surface area (Å²) in [5, 5.41) is 8.65. The molecule has 2 rings (SSSR count). The molecule has 0 aliphatic carbocycles. The largest absolute Gasteiger partial charge is 0.355 e. The molecule has 1 aromatic rings. The summed E-state index contributed by atoms with van der Waals surface area (Å²) < 4.78 is 12.7. The molecule has 114 valence electrons. The third-order valence-electron chi connectivity index (χ3n) is 3.08. The van der Waals surface area contributed by atoms with E-state index in [1.807, 2.05) is 0 Å². The summed E-state index contributed by atoms with van der Waals surface area (Å²) in [6, 6.07) is 5.28. The molecule has 3 N–H and O–H groups in total. The van der Waals surface area contributed by atoms with E-state index in [0.29, 0.717) is 25.1 Å². The van der Waals surface area contributed by atoms with Crippen LogP contribution in [0.3, 0.4) is 0 Å². The second-order valence-electron chi connectivity index (χ2n) is 4.68.